The molecule has 0 amide bonds. The van der Waals surface area contributed by atoms with Gasteiger partial charge in [-0.05, 0) is 184 Å². The molecule has 372 valence electrons. The Morgan fingerprint density at radius 3 is 0.897 bits per heavy atom. The summed E-state index contributed by atoms with van der Waals surface area (Å²) in [4.78, 5) is 21.7. The first-order valence-corrected chi connectivity index (χ1v) is 26.7. The van der Waals surface area contributed by atoms with Crippen LogP contribution in [0.1, 0.15) is 72.2 Å². The molecule has 0 radical (unpaired) electrons. The van der Waals surface area contributed by atoms with E-state index < -0.39 is 0 Å². The van der Waals surface area contributed by atoms with Crippen molar-refractivity contribution < 1.29 is 0 Å². The van der Waals surface area contributed by atoms with Crippen molar-refractivity contribution in [2.75, 3.05) is 9.80 Å². The van der Waals surface area contributed by atoms with Crippen LogP contribution < -0.4 is 9.80 Å². The Hall–Kier alpha value is -9.78. The van der Waals surface area contributed by atoms with Crippen molar-refractivity contribution >= 4 is 90.7 Å². The van der Waals surface area contributed by atoms with Gasteiger partial charge in [0, 0.05) is 94.5 Å². The standard InChI is InChI=1S/C72H54N6/c1-71(2)67-43-49(15-21-61(67)63-23-17-55(45-69(63)71)77(51-25-33-73-34-26-51)52-27-35-74-36-28-52)11-9-47-13-19-59-60-20-14-48(42-66(60)58-8-6-5-7-57(58)65(59)41-47)10-12-50-16-22-62-64-24-18-56(46-70(64)72(3,4)68(62)44-50)78(53-29-37-75-38-30-53)54-31-39-76-40-32-54/h5-46H,1-4H3/b11-9+,12-10+. The number of rotatable bonds is 10. The van der Waals surface area contributed by atoms with E-state index in [0.717, 1.165) is 34.1 Å². The number of hydrogen-bond acceptors (Lipinski definition) is 6. The van der Waals surface area contributed by atoms with E-state index in [0.29, 0.717) is 0 Å². The second-order valence-electron chi connectivity index (χ2n) is 21.6. The Balaban J connectivity index is 0.734. The van der Waals surface area contributed by atoms with Crippen LogP contribution in [-0.2, 0) is 10.8 Å². The van der Waals surface area contributed by atoms with E-state index in [2.05, 4.69) is 264 Å². The van der Waals surface area contributed by atoms with Crippen molar-refractivity contribution in [1.29, 1.82) is 0 Å². The second-order valence-corrected chi connectivity index (χ2v) is 21.6. The van der Waals surface area contributed by atoms with Gasteiger partial charge in [0.1, 0.15) is 0 Å². The number of aromatic nitrogens is 4. The van der Waals surface area contributed by atoms with Crippen LogP contribution in [0.15, 0.2) is 232 Å². The normalized spacial score (nSPS) is 13.7. The minimum atomic E-state index is -0.198. The third-order valence-electron chi connectivity index (χ3n) is 16.4. The predicted octanol–water partition coefficient (Wildman–Crippen LogP) is 18.6. The SMILES string of the molecule is CC1(C)c2cc(/C=C/c3ccc4c5ccc(/C=C/c6ccc7c(c6)C(C)(C)c6cc(N(c8ccncc8)c8ccncc8)ccc6-7)cc5c5ccccc5c4c3)ccc2-c2ccc(N(c3ccncc3)c3ccncc3)cc21. The summed E-state index contributed by atoms with van der Waals surface area (Å²) in [6, 6.07) is 66.8. The summed E-state index contributed by atoms with van der Waals surface area (Å²) < 4.78 is 0. The average molecular weight is 1000 g/mol. The molecule has 78 heavy (non-hydrogen) atoms. The van der Waals surface area contributed by atoms with Crippen molar-refractivity contribution in [3.05, 3.63) is 276 Å². The zero-order valence-corrected chi connectivity index (χ0v) is 43.9. The van der Waals surface area contributed by atoms with E-state index in [1.807, 2.05) is 49.6 Å². The molecule has 0 atom stereocenters. The average Bonchev–Trinajstić information content (AvgIpc) is 4.09. The summed E-state index contributed by atoms with van der Waals surface area (Å²) >= 11 is 0. The molecule has 4 heterocycles. The fourth-order valence-electron chi connectivity index (χ4n) is 12.4. The molecule has 2 aliphatic rings. The van der Waals surface area contributed by atoms with Crippen LogP contribution in [0.2, 0.25) is 0 Å². The lowest BCUT2D eigenvalue weighted by Crippen LogP contribution is -2.16. The van der Waals surface area contributed by atoms with E-state index in [9.17, 15) is 0 Å². The lowest BCUT2D eigenvalue weighted by molar-refractivity contribution is 0.660. The highest BCUT2D eigenvalue weighted by molar-refractivity contribution is 6.26. The number of fused-ring (bicyclic) bond motifs is 12. The third kappa shape index (κ3) is 7.87. The van der Waals surface area contributed by atoms with Gasteiger partial charge in [0.25, 0.3) is 0 Å². The third-order valence-corrected chi connectivity index (χ3v) is 16.4. The van der Waals surface area contributed by atoms with E-state index in [4.69, 9.17) is 0 Å². The number of pyridine rings is 4. The highest BCUT2D eigenvalue weighted by Gasteiger charge is 2.37. The monoisotopic (exact) mass is 1000 g/mol. The van der Waals surface area contributed by atoms with Gasteiger partial charge in [-0.1, -0.05) is 149 Å². The first kappa shape index (κ1) is 46.7. The molecule has 0 N–H and O–H groups in total. The number of benzene rings is 8. The summed E-state index contributed by atoms with van der Waals surface area (Å²) in [6.45, 7) is 9.40. The van der Waals surface area contributed by atoms with Crippen LogP contribution in [0.3, 0.4) is 0 Å². The molecule has 6 heteroatoms. The lowest BCUT2D eigenvalue weighted by Gasteiger charge is -2.27. The van der Waals surface area contributed by atoms with Crippen molar-refractivity contribution in [3.8, 4) is 22.3 Å². The van der Waals surface area contributed by atoms with Gasteiger partial charge >= 0.3 is 0 Å². The molecule has 14 rings (SSSR count). The number of hydrogen-bond donors (Lipinski definition) is 0. The molecule has 12 aromatic rings. The molecule has 0 fully saturated rings. The largest absolute Gasteiger partial charge is 0.310 e. The Bertz CT molecular complexity index is 3990. The highest BCUT2D eigenvalue weighted by atomic mass is 15.2. The van der Waals surface area contributed by atoms with Gasteiger partial charge in [-0.15, -0.1) is 0 Å². The molecular weight excluding hydrogens is 949 g/mol. The molecule has 8 aromatic carbocycles. The van der Waals surface area contributed by atoms with Gasteiger partial charge in [-0.2, -0.15) is 0 Å². The Morgan fingerprint density at radius 2 is 0.551 bits per heavy atom. The van der Waals surface area contributed by atoms with Crippen LogP contribution >= 0.6 is 0 Å². The topological polar surface area (TPSA) is 58.0 Å². The van der Waals surface area contributed by atoms with Gasteiger partial charge in [-0.25, -0.2) is 0 Å². The molecule has 4 aromatic heterocycles. The van der Waals surface area contributed by atoms with Crippen LogP contribution in [0.25, 0.3) is 78.9 Å². The van der Waals surface area contributed by atoms with Crippen molar-refractivity contribution in [3.63, 3.8) is 0 Å². The van der Waals surface area contributed by atoms with E-state index in [1.165, 1.54) is 99.1 Å². The molecule has 6 nitrogen and oxygen atoms in total. The zero-order chi connectivity index (χ0) is 52.5. The van der Waals surface area contributed by atoms with Crippen molar-refractivity contribution in [2.45, 2.75) is 38.5 Å². The lowest BCUT2D eigenvalue weighted by atomic mass is 9.81. The summed E-state index contributed by atoms with van der Waals surface area (Å²) in [5, 5.41) is 7.54. The fourth-order valence-corrected chi connectivity index (χ4v) is 12.4. The van der Waals surface area contributed by atoms with Gasteiger partial charge in [-0.3, -0.25) is 19.9 Å². The first-order chi connectivity index (χ1) is 38.2. The zero-order valence-electron chi connectivity index (χ0n) is 43.9. The maximum Gasteiger partial charge on any atom is 0.0492 e. The summed E-state index contributed by atoms with van der Waals surface area (Å²) in [7, 11) is 0. The Labute approximate surface area is 455 Å². The second kappa shape index (κ2) is 18.5. The summed E-state index contributed by atoms with van der Waals surface area (Å²) in [5.41, 5.74) is 21.2. The molecule has 0 saturated carbocycles. The Morgan fingerprint density at radius 1 is 0.269 bits per heavy atom. The first-order valence-electron chi connectivity index (χ1n) is 26.7. The smallest absolute Gasteiger partial charge is 0.0492 e. The fraction of sp³-hybridized carbons (Fsp3) is 0.0833. The molecular formula is C72H54N6. The molecule has 2 aliphatic carbocycles. The molecule has 0 unspecified atom stereocenters. The van der Waals surface area contributed by atoms with Crippen LogP contribution in [0.4, 0.5) is 34.1 Å². The van der Waals surface area contributed by atoms with Gasteiger partial charge < -0.3 is 9.80 Å². The minimum absolute atomic E-state index is 0.198. The van der Waals surface area contributed by atoms with Crippen LogP contribution in [0, 0.1) is 0 Å². The number of nitrogens with zero attached hydrogens (tertiary/aromatic N) is 6. The van der Waals surface area contributed by atoms with Crippen molar-refractivity contribution in [2.24, 2.45) is 0 Å². The Kier molecular flexibility index (Phi) is 11.1. The minimum Gasteiger partial charge on any atom is -0.310 e. The predicted molar refractivity (Wildman–Crippen MR) is 325 cm³/mol. The number of anilines is 6. The quantitative estimate of drug-likeness (QED) is 0.100. The van der Waals surface area contributed by atoms with E-state index >= 15 is 0 Å². The molecule has 0 saturated heterocycles. The van der Waals surface area contributed by atoms with Crippen molar-refractivity contribution in [1.82, 2.24) is 19.9 Å². The summed E-state index contributed by atoms with van der Waals surface area (Å²) in [5.74, 6) is 0. The van der Waals surface area contributed by atoms with Gasteiger partial charge in [0.2, 0.25) is 0 Å². The highest BCUT2D eigenvalue weighted by Crippen LogP contribution is 2.53. The van der Waals surface area contributed by atoms with E-state index in [1.54, 1.807) is 0 Å². The maximum atomic E-state index is 4.29. The molecule has 0 bridgehead atoms. The van der Waals surface area contributed by atoms with Gasteiger partial charge in [0.05, 0.1) is 0 Å². The summed E-state index contributed by atoms with van der Waals surface area (Å²) in [6.07, 6.45) is 23.8. The molecule has 0 aliphatic heterocycles. The molecule has 0 spiro atoms. The van der Waals surface area contributed by atoms with E-state index in [-0.39, 0.29) is 10.8 Å². The van der Waals surface area contributed by atoms with Crippen LogP contribution in [-0.4, -0.2) is 19.9 Å². The maximum absolute atomic E-state index is 4.29. The van der Waals surface area contributed by atoms with Gasteiger partial charge in [0.15, 0.2) is 0 Å². The van der Waals surface area contributed by atoms with Crippen LogP contribution in [0.5, 0.6) is 0 Å².